The first-order valence-corrected chi connectivity index (χ1v) is 5.89. The number of aliphatic hydroxyl groups is 4. The Morgan fingerprint density at radius 2 is 1.14 bits per heavy atom. The number of aliphatic hydroxyl groups excluding tert-OH is 4. The molecule has 0 spiro atoms. The number of benzene rings is 1. The van der Waals surface area contributed by atoms with Crippen LogP contribution in [0.15, 0.2) is 24.3 Å². The molecule has 9 N–H and O–H groups in total. The van der Waals surface area contributed by atoms with Crippen LogP contribution in [0.1, 0.15) is 0 Å². The van der Waals surface area contributed by atoms with Crippen molar-refractivity contribution >= 4 is 48.6 Å². The molecule has 0 saturated carbocycles. The first-order valence-electron chi connectivity index (χ1n) is 5.89. The molecular weight excluding hydrogens is 357 g/mol. The van der Waals surface area contributed by atoms with Gasteiger partial charge in [-0.15, -0.1) is 37.2 Å². The number of anilines is 2. The molecular formula is C12H28Cl3N3O4. The van der Waals surface area contributed by atoms with E-state index in [1.165, 1.54) is 0 Å². The van der Waals surface area contributed by atoms with Gasteiger partial charge in [-0.3, -0.25) is 0 Å². The third-order valence-electron chi connectivity index (χ3n) is 1.58. The lowest BCUT2D eigenvalue weighted by Crippen LogP contribution is -2.12. The molecule has 1 rings (SSSR count). The summed E-state index contributed by atoms with van der Waals surface area (Å²) in [5.41, 5.74) is 12.7. The molecule has 0 aliphatic rings. The van der Waals surface area contributed by atoms with Crippen LogP contribution in [0.25, 0.3) is 0 Å². The molecule has 10 heteroatoms. The Kier molecular flexibility index (Phi) is 43.2. The summed E-state index contributed by atoms with van der Waals surface area (Å²) in [6, 6.07) is 7.59. The molecule has 1 aromatic carbocycles. The van der Waals surface area contributed by atoms with Gasteiger partial charge in [0.15, 0.2) is 0 Å². The predicted molar refractivity (Wildman–Crippen MR) is 98.5 cm³/mol. The second-order valence-corrected chi connectivity index (χ2v) is 3.23. The number of nitrogens with one attached hydrogen (secondary N) is 1. The van der Waals surface area contributed by atoms with Crippen LogP contribution in [-0.4, -0.2) is 59.9 Å². The second kappa shape index (κ2) is 28.6. The van der Waals surface area contributed by atoms with Crippen LogP contribution < -0.4 is 16.8 Å². The van der Waals surface area contributed by atoms with Gasteiger partial charge in [-0.25, -0.2) is 0 Å². The molecule has 0 heterocycles. The number of rotatable bonds is 5. The maximum atomic E-state index is 7.62. The van der Waals surface area contributed by atoms with Crippen molar-refractivity contribution in [3.63, 3.8) is 0 Å². The Balaban J connectivity index is -0.0000000756. The fourth-order valence-corrected chi connectivity index (χ4v) is 0.817. The van der Waals surface area contributed by atoms with Gasteiger partial charge >= 0.3 is 0 Å². The van der Waals surface area contributed by atoms with Gasteiger partial charge in [0.05, 0.1) is 26.4 Å². The highest BCUT2D eigenvalue weighted by molar-refractivity contribution is 5.86. The Hall–Kier alpha value is -0.510. The van der Waals surface area contributed by atoms with Crippen molar-refractivity contribution in [2.75, 3.05) is 50.6 Å². The van der Waals surface area contributed by atoms with Crippen molar-refractivity contribution in [3.05, 3.63) is 24.3 Å². The molecule has 1 aromatic rings. The summed E-state index contributed by atoms with van der Waals surface area (Å²) in [7, 11) is 0. The van der Waals surface area contributed by atoms with Crippen LogP contribution in [0.2, 0.25) is 0 Å². The van der Waals surface area contributed by atoms with Gasteiger partial charge in [0.2, 0.25) is 0 Å². The molecule has 0 aromatic heterocycles. The van der Waals surface area contributed by atoms with Gasteiger partial charge < -0.3 is 37.2 Å². The fourth-order valence-electron chi connectivity index (χ4n) is 0.817. The Labute approximate surface area is 149 Å². The van der Waals surface area contributed by atoms with E-state index in [-0.39, 0.29) is 63.6 Å². The summed E-state index contributed by atoms with van der Waals surface area (Å²) in [6.07, 6.45) is 0. The van der Waals surface area contributed by atoms with Gasteiger partial charge in [-0.05, 0) is 24.3 Å². The molecule has 22 heavy (non-hydrogen) atoms. The Morgan fingerprint density at radius 3 is 1.41 bits per heavy atom. The van der Waals surface area contributed by atoms with Crippen molar-refractivity contribution < 1.29 is 20.4 Å². The minimum atomic E-state index is -0.125. The molecule has 136 valence electrons. The molecule has 0 saturated heterocycles. The molecule has 0 atom stereocenters. The van der Waals surface area contributed by atoms with E-state index >= 15 is 0 Å². The second-order valence-electron chi connectivity index (χ2n) is 3.23. The zero-order valence-corrected chi connectivity index (χ0v) is 14.7. The monoisotopic (exact) mass is 383 g/mol. The molecule has 0 aliphatic carbocycles. The number of halogens is 3. The average Bonchev–Trinajstić information content (AvgIpc) is 2.47. The Bertz CT molecular complexity index is 275. The lowest BCUT2D eigenvalue weighted by Gasteiger charge is -2.03. The molecule has 0 unspecified atom stereocenters. The van der Waals surface area contributed by atoms with Gasteiger partial charge in [0, 0.05) is 24.5 Å². The third kappa shape index (κ3) is 27.8. The van der Waals surface area contributed by atoms with E-state index in [9.17, 15) is 0 Å². The topological polar surface area (TPSA) is 145 Å². The van der Waals surface area contributed by atoms with Gasteiger partial charge in [-0.1, -0.05) is 0 Å². The van der Waals surface area contributed by atoms with Crippen molar-refractivity contribution in [2.45, 2.75) is 0 Å². The lowest BCUT2D eigenvalue weighted by atomic mass is 10.3. The van der Waals surface area contributed by atoms with E-state index in [0.29, 0.717) is 6.54 Å². The van der Waals surface area contributed by atoms with Crippen LogP contribution in [0.4, 0.5) is 11.4 Å². The number of hydrogen-bond acceptors (Lipinski definition) is 7. The molecule has 0 radical (unpaired) electrons. The van der Waals surface area contributed by atoms with E-state index in [0.717, 1.165) is 17.9 Å². The van der Waals surface area contributed by atoms with E-state index in [1.54, 1.807) is 0 Å². The zero-order chi connectivity index (χ0) is 14.9. The highest BCUT2D eigenvalue weighted by Gasteiger charge is 1.88. The SMILES string of the molecule is Cl.Cl.Cl.NCCNc1ccc(N)cc1.OCCO.OCCO. The highest BCUT2D eigenvalue weighted by Crippen LogP contribution is 2.09. The number of nitrogens with two attached hydrogens (primary N) is 2. The first kappa shape index (κ1) is 33.2. The maximum absolute atomic E-state index is 7.62. The minimum absolute atomic E-state index is 0. The lowest BCUT2D eigenvalue weighted by molar-refractivity contribution is 0.186. The van der Waals surface area contributed by atoms with E-state index in [2.05, 4.69) is 5.32 Å². The van der Waals surface area contributed by atoms with E-state index < -0.39 is 0 Å². The van der Waals surface area contributed by atoms with Crippen LogP contribution >= 0.6 is 37.2 Å². The van der Waals surface area contributed by atoms with Crippen molar-refractivity contribution in [3.8, 4) is 0 Å². The van der Waals surface area contributed by atoms with Crippen molar-refractivity contribution in [2.24, 2.45) is 5.73 Å². The molecule has 7 nitrogen and oxygen atoms in total. The van der Waals surface area contributed by atoms with Crippen LogP contribution in [-0.2, 0) is 0 Å². The maximum Gasteiger partial charge on any atom is 0.0662 e. The summed E-state index contributed by atoms with van der Waals surface area (Å²) in [6.45, 7) is 0.939. The van der Waals surface area contributed by atoms with Gasteiger partial charge in [0.1, 0.15) is 0 Å². The van der Waals surface area contributed by atoms with Crippen LogP contribution in [0.5, 0.6) is 0 Å². The van der Waals surface area contributed by atoms with E-state index in [1.807, 2.05) is 24.3 Å². The number of nitrogen functional groups attached to an aromatic ring is 1. The molecule has 0 bridgehead atoms. The zero-order valence-electron chi connectivity index (χ0n) is 12.2. The molecule has 0 amide bonds. The van der Waals surface area contributed by atoms with Gasteiger partial charge in [-0.2, -0.15) is 0 Å². The summed E-state index contributed by atoms with van der Waals surface area (Å²) in [4.78, 5) is 0. The molecule has 0 fully saturated rings. The largest absolute Gasteiger partial charge is 0.399 e. The quantitative estimate of drug-likeness (QED) is 0.349. The smallest absolute Gasteiger partial charge is 0.0662 e. The number of hydrogen-bond donors (Lipinski definition) is 7. The average molecular weight is 385 g/mol. The normalized spacial score (nSPS) is 7.50. The first-order chi connectivity index (χ1) is 9.15. The Morgan fingerprint density at radius 1 is 0.773 bits per heavy atom. The van der Waals surface area contributed by atoms with Crippen molar-refractivity contribution in [1.29, 1.82) is 0 Å². The highest BCUT2D eigenvalue weighted by atomic mass is 35.5. The van der Waals surface area contributed by atoms with E-state index in [4.69, 9.17) is 31.9 Å². The van der Waals surface area contributed by atoms with Gasteiger partial charge in [0.25, 0.3) is 0 Å². The van der Waals surface area contributed by atoms with Crippen molar-refractivity contribution in [1.82, 2.24) is 0 Å². The van der Waals surface area contributed by atoms with Crippen LogP contribution in [0.3, 0.4) is 0 Å². The summed E-state index contributed by atoms with van der Waals surface area (Å²) >= 11 is 0. The van der Waals surface area contributed by atoms with Crippen LogP contribution in [0, 0.1) is 0 Å². The third-order valence-corrected chi connectivity index (χ3v) is 1.58. The molecule has 0 aliphatic heterocycles. The standard InChI is InChI=1S/C8H13N3.2C2H6O2.3ClH/c9-5-6-11-8-3-1-7(10)2-4-8;2*3-1-2-4;;;/h1-4,11H,5-6,9-10H2;2*3-4H,1-2H2;3*1H. The predicted octanol–water partition coefficient (Wildman–Crippen LogP) is -0.153. The summed E-state index contributed by atoms with van der Waals surface area (Å²) in [5.74, 6) is 0. The summed E-state index contributed by atoms with van der Waals surface area (Å²) in [5, 5.41) is 33.6. The minimum Gasteiger partial charge on any atom is -0.399 e. The summed E-state index contributed by atoms with van der Waals surface area (Å²) < 4.78 is 0. The fraction of sp³-hybridized carbons (Fsp3) is 0.500.